The van der Waals surface area contributed by atoms with Gasteiger partial charge in [0, 0.05) is 25.6 Å². The van der Waals surface area contributed by atoms with E-state index < -0.39 is 28.5 Å². The van der Waals surface area contributed by atoms with E-state index in [4.69, 9.17) is 14.2 Å². The third kappa shape index (κ3) is 8.46. The van der Waals surface area contributed by atoms with E-state index in [0.717, 1.165) is 9.87 Å². The van der Waals surface area contributed by atoms with Crippen molar-refractivity contribution in [2.24, 2.45) is 5.92 Å². The van der Waals surface area contributed by atoms with Crippen LogP contribution in [0, 0.1) is 5.92 Å². The first-order chi connectivity index (χ1) is 23.2. The van der Waals surface area contributed by atoms with E-state index >= 15 is 0 Å². The third-order valence-corrected chi connectivity index (χ3v) is 9.65. The molecular weight excluding hydrogens is 630 g/mol. The molecule has 0 saturated heterocycles. The summed E-state index contributed by atoms with van der Waals surface area (Å²) in [5.41, 5.74) is 1.79. The number of hydrogen-bond acceptors (Lipinski definition) is 7. The Hall–Kier alpha value is -5.03. The van der Waals surface area contributed by atoms with Crippen molar-refractivity contribution in [3.05, 3.63) is 114 Å². The summed E-state index contributed by atoms with van der Waals surface area (Å²) in [6, 6.07) is 28.4. The molecule has 2 amide bonds. The molecule has 1 atom stereocenters. The van der Waals surface area contributed by atoms with E-state index in [9.17, 15) is 18.0 Å². The van der Waals surface area contributed by atoms with Crippen LogP contribution in [0.3, 0.4) is 0 Å². The number of benzene rings is 4. The quantitative estimate of drug-likeness (QED) is 0.199. The molecule has 0 fully saturated rings. The summed E-state index contributed by atoms with van der Waals surface area (Å²) < 4.78 is 46.4. The highest BCUT2D eigenvalue weighted by Gasteiger charge is 2.35. The summed E-state index contributed by atoms with van der Waals surface area (Å²) >= 11 is 0. The molecule has 1 aliphatic heterocycles. The van der Waals surface area contributed by atoms with Crippen molar-refractivity contribution in [1.82, 2.24) is 10.2 Å². The minimum atomic E-state index is -4.25. The van der Waals surface area contributed by atoms with Gasteiger partial charge in [0.15, 0.2) is 11.5 Å². The predicted molar refractivity (Wildman–Crippen MR) is 184 cm³/mol. The predicted octanol–water partition coefficient (Wildman–Crippen LogP) is 5.07. The standard InChI is InChI=1S/C37H41N3O7S/c1-27(2)24-38-37(42)33(22-28-11-6-4-7-12-28)39(25-29-13-10-14-31(21-29)45-3)36(41)26-40(48(43,44)32-15-8-5-9-16-32)30-17-18-34-35(23-30)47-20-19-46-34/h4-18,21,23,27,33H,19-20,22,24-26H2,1-3H3,(H,38,42). The van der Waals surface area contributed by atoms with Gasteiger partial charge < -0.3 is 24.4 Å². The maximum absolute atomic E-state index is 14.7. The molecule has 0 aromatic heterocycles. The van der Waals surface area contributed by atoms with Gasteiger partial charge >= 0.3 is 0 Å². The number of carbonyl (C=O) groups excluding carboxylic acids is 2. The Morgan fingerprint density at radius 2 is 1.50 bits per heavy atom. The van der Waals surface area contributed by atoms with Crippen LogP contribution in [0.4, 0.5) is 5.69 Å². The number of fused-ring (bicyclic) bond motifs is 1. The molecule has 0 radical (unpaired) electrons. The highest BCUT2D eigenvalue weighted by atomic mass is 32.2. The van der Waals surface area contributed by atoms with Crippen LogP contribution in [0.2, 0.25) is 0 Å². The number of carbonyl (C=O) groups is 2. The summed E-state index contributed by atoms with van der Waals surface area (Å²) in [6.45, 7) is 4.53. The van der Waals surface area contributed by atoms with Gasteiger partial charge in [0.2, 0.25) is 11.8 Å². The van der Waals surface area contributed by atoms with Gasteiger partial charge in [0.25, 0.3) is 10.0 Å². The zero-order chi connectivity index (χ0) is 34.1. The number of methoxy groups -OCH3 is 1. The second-order valence-corrected chi connectivity index (χ2v) is 13.7. The first kappa shape index (κ1) is 34.3. The van der Waals surface area contributed by atoms with Crippen molar-refractivity contribution in [1.29, 1.82) is 0 Å². The SMILES string of the molecule is COc1cccc(CN(C(=O)CN(c2ccc3c(c2)OCCO3)S(=O)(=O)c2ccccc2)C(Cc2ccccc2)C(=O)NCC(C)C)c1. The molecule has 1 aliphatic rings. The molecule has 10 nitrogen and oxygen atoms in total. The van der Waals surface area contributed by atoms with Crippen LogP contribution >= 0.6 is 0 Å². The molecule has 0 spiro atoms. The molecule has 4 aromatic rings. The van der Waals surface area contributed by atoms with E-state index in [0.29, 0.717) is 42.6 Å². The molecule has 1 heterocycles. The van der Waals surface area contributed by atoms with Crippen molar-refractivity contribution in [2.75, 3.05) is 37.7 Å². The zero-order valence-corrected chi connectivity index (χ0v) is 28.2. The Morgan fingerprint density at radius 1 is 0.833 bits per heavy atom. The van der Waals surface area contributed by atoms with E-state index in [1.165, 1.54) is 17.0 Å². The van der Waals surface area contributed by atoms with Crippen molar-refractivity contribution >= 4 is 27.5 Å². The highest BCUT2D eigenvalue weighted by molar-refractivity contribution is 7.92. The molecule has 252 valence electrons. The number of hydrogen-bond donors (Lipinski definition) is 1. The Bertz CT molecular complexity index is 1800. The van der Waals surface area contributed by atoms with E-state index in [2.05, 4.69) is 5.32 Å². The molecule has 1 N–H and O–H groups in total. The van der Waals surface area contributed by atoms with Gasteiger partial charge in [-0.15, -0.1) is 0 Å². The number of sulfonamides is 1. The maximum atomic E-state index is 14.7. The summed E-state index contributed by atoms with van der Waals surface area (Å²) in [6.07, 6.45) is 0.218. The third-order valence-electron chi connectivity index (χ3n) is 7.87. The summed E-state index contributed by atoms with van der Waals surface area (Å²) in [4.78, 5) is 30.1. The molecular formula is C37H41N3O7S. The van der Waals surface area contributed by atoms with Crippen molar-refractivity contribution in [2.45, 2.75) is 37.8 Å². The number of rotatable bonds is 14. The van der Waals surface area contributed by atoms with Gasteiger partial charge in [-0.05, 0) is 53.4 Å². The fourth-order valence-corrected chi connectivity index (χ4v) is 6.81. The Morgan fingerprint density at radius 3 is 2.19 bits per heavy atom. The Balaban J connectivity index is 1.58. The minimum absolute atomic E-state index is 0.0162. The number of anilines is 1. The lowest BCUT2D eigenvalue weighted by molar-refractivity contribution is -0.140. The van der Waals surface area contributed by atoms with Gasteiger partial charge in [0.1, 0.15) is 31.5 Å². The lowest BCUT2D eigenvalue weighted by Gasteiger charge is -2.34. The summed E-state index contributed by atoms with van der Waals surface area (Å²) in [5, 5.41) is 3.00. The largest absolute Gasteiger partial charge is 0.497 e. The van der Waals surface area contributed by atoms with Gasteiger partial charge in [0.05, 0.1) is 17.7 Å². The average molecular weight is 672 g/mol. The van der Waals surface area contributed by atoms with Gasteiger partial charge in [-0.3, -0.25) is 13.9 Å². The molecule has 5 rings (SSSR count). The topological polar surface area (TPSA) is 114 Å². The molecule has 11 heteroatoms. The Kier molecular flexibility index (Phi) is 11.2. The minimum Gasteiger partial charge on any atom is -0.497 e. The Labute approximate surface area is 282 Å². The summed E-state index contributed by atoms with van der Waals surface area (Å²) in [5.74, 6) is 0.734. The van der Waals surface area contributed by atoms with Crippen molar-refractivity contribution < 1.29 is 32.2 Å². The average Bonchev–Trinajstić information content (AvgIpc) is 3.11. The molecule has 48 heavy (non-hydrogen) atoms. The van der Waals surface area contributed by atoms with E-state index in [-0.39, 0.29) is 35.4 Å². The monoisotopic (exact) mass is 671 g/mol. The second-order valence-electron chi connectivity index (χ2n) is 11.9. The van der Waals surface area contributed by atoms with Crippen LogP contribution in [-0.4, -0.2) is 64.6 Å². The molecule has 4 aromatic carbocycles. The van der Waals surface area contributed by atoms with Crippen molar-refractivity contribution in [3.63, 3.8) is 0 Å². The lowest BCUT2D eigenvalue weighted by atomic mass is 10.0. The van der Waals surface area contributed by atoms with Crippen LogP contribution in [0.5, 0.6) is 17.2 Å². The molecule has 0 saturated carbocycles. The van der Waals surface area contributed by atoms with Crippen LogP contribution < -0.4 is 23.8 Å². The number of nitrogens with zero attached hydrogens (tertiary/aromatic N) is 2. The van der Waals surface area contributed by atoms with Gasteiger partial charge in [-0.1, -0.05) is 74.5 Å². The fraction of sp³-hybridized carbons (Fsp3) is 0.297. The van der Waals surface area contributed by atoms with E-state index in [1.807, 2.05) is 56.3 Å². The molecule has 0 bridgehead atoms. The van der Waals surface area contributed by atoms with Crippen LogP contribution in [0.25, 0.3) is 0 Å². The number of ether oxygens (including phenoxy) is 3. The second kappa shape index (κ2) is 15.7. The first-order valence-corrected chi connectivity index (χ1v) is 17.3. The molecule has 1 unspecified atom stereocenters. The smallest absolute Gasteiger partial charge is 0.264 e. The van der Waals surface area contributed by atoms with Crippen molar-refractivity contribution in [3.8, 4) is 17.2 Å². The summed E-state index contributed by atoms with van der Waals surface area (Å²) in [7, 11) is -2.70. The molecule has 0 aliphatic carbocycles. The van der Waals surface area contributed by atoms with Gasteiger partial charge in [-0.2, -0.15) is 0 Å². The zero-order valence-electron chi connectivity index (χ0n) is 27.4. The van der Waals surface area contributed by atoms with Crippen LogP contribution in [-0.2, 0) is 32.6 Å². The lowest BCUT2D eigenvalue weighted by Crippen LogP contribution is -2.53. The normalized spacial score (nSPS) is 13.0. The maximum Gasteiger partial charge on any atom is 0.264 e. The highest BCUT2D eigenvalue weighted by Crippen LogP contribution is 2.36. The fourth-order valence-electron chi connectivity index (χ4n) is 5.38. The first-order valence-electron chi connectivity index (χ1n) is 15.9. The van der Waals surface area contributed by atoms with Crippen LogP contribution in [0.1, 0.15) is 25.0 Å². The van der Waals surface area contributed by atoms with E-state index in [1.54, 1.807) is 55.6 Å². The van der Waals surface area contributed by atoms with Crippen LogP contribution in [0.15, 0.2) is 108 Å². The number of nitrogens with one attached hydrogen (secondary N) is 1. The number of amides is 2. The van der Waals surface area contributed by atoms with Gasteiger partial charge in [-0.25, -0.2) is 8.42 Å².